The third-order valence-corrected chi connectivity index (χ3v) is 5.16. The molecule has 0 fully saturated rings. The molecule has 5 nitrogen and oxygen atoms in total. The Morgan fingerprint density at radius 2 is 1.66 bits per heavy atom. The molecule has 0 bridgehead atoms. The molecule has 0 saturated carbocycles. The van der Waals surface area contributed by atoms with Gasteiger partial charge in [-0.25, -0.2) is 0 Å². The first-order chi connectivity index (χ1) is 15.0. The Morgan fingerprint density at radius 1 is 0.938 bits per heavy atom. The molecule has 1 aromatic heterocycles. The maximum absolute atomic E-state index is 13.0. The van der Waals surface area contributed by atoms with E-state index >= 15 is 0 Å². The second-order valence-corrected chi connectivity index (χ2v) is 8.11. The highest BCUT2D eigenvalue weighted by molar-refractivity contribution is 6.03. The average Bonchev–Trinajstić information content (AvgIpc) is 3.28. The Hall–Kier alpha value is -3.55. The van der Waals surface area contributed by atoms with Crippen molar-refractivity contribution < 1.29 is 27.2 Å². The van der Waals surface area contributed by atoms with E-state index in [1.54, 1.807) is 51.1 Å². The molecular formula is C24H23F3N2O3. The second-order valence-electron chi connectivity index (χ2n) is 8.11. The fourth-order valence-electron chi connectivity index (χ4n) is 3.11. The molecule has 0 aliphatic heterocycles. The number of aryl methyl sites for hydroxylation is 1. The topological polar surface area (TPSA) is 71.3 Å². The van der Waals surface area contributed by atoms with Crippen LogP contribution < -0.4 is 10.6 Å². The molecule has 3 rings (SSSR count). The van der Waals surface area contributed by atoms with Crippen LogP contribution in [-0.2, 0) is 11.6 Å². The number of rotatable bonds is 6. The Labute approximate surface area is 183 Å². The number of hydrogen-bond acceptors (Lipinski definition) is 3. The van der Waals surface area contributed by atoms with Crippen molar-refractivity contribution in [2.75, 3.05) is 11.9 Å². The first-order valence-corrected chi connectivity index (χ1v) is 9.89. The third-order valence-electron chi connectivity index (χ3n) is 5.16. The van der Waals surface area contributed by atoms with Crippen molar-refractivity contribution >= 4 is 17.5 Å². The van der Waals surface area contributed by atoms with Crippen molar-refractivity contribution in [2.24, 2.45) is 0 Å². The molecule has 2 N–H and O–H groups in total. The Balaban J connectivity index is 1.71. The minimum atomic E-state index is -4.44. The molecule has 32 heavy (non-hydrogen) atoms. The van der Waals surface area contributed by atoms with Crippen LogP contribution in [-0.4, -0.2) is 18.4 Å². The molecule has 1 heterocycles. The van der Waals surface area contributed by atoms with Crippen LogP contribution in [0.1, 0.15) is 51.5 Å². The van der Waals surface area contributed by atoms with Gasteiger partial charge in [0.15, 0.2) is 5.76 Å². The number of carbonyl (C=O) groups is 2. The van der Waals surface area contributed by atoms with Gasteiger partial charge in [-0.3, -0.25) is 9.59 Å². The van der Waals surface area contributed by atoms with Gasteiger partial charge in [-0.2, -0.15) is 13.2 Å². The molecule has 168 valence electrons. The molecule has 0 aliphatic carbocycles. The Kier molecular flexibility index (Phi) is 6.43. The number of furan rings is 1. The summed E-state index contributed by atoms with van der Waals surface area (Å²) in [6, 6.07) is 13.1. The Bertz CT molecular complexity index is 1120. The van der Waals surface area contributed by atoms with E-state index in [-0.39, 0.29) is 12.3 Å². The lowest BCUT2D eigenvalue weighted by molar-refractivity contribution is -0.137. The van der Waals surface area contributed by atoms with Crippen molar-refractivity contribution in [3.8, 4) is 0 Å². The molecule has 2 amide bonds. The molecule has 0 saturated heterocycles. The number of halogens is 3. The summed E-state index contributed by atoms with van der Waals surface area (Å²) in [5.74, 6) is -0.707. The summed E-state index contributed by atoms with van der Waals surface area (Å²) in [6.07, 6.45) is -3.05. The van der Waals surface area contributed by atoms with Gasteiger partial charge < -0.3 is 15.1 Å². The van der Waals surface area contributed by atoms with Crippen molar-refractivity contribution in [1.29, 1.82) is 0 Å². The van der Waals surface area contributed by atoms with Gasteiger partial charge in [0, 0.05) is 23.2 Å². The van der Waals surface area contributed by atoms with E-state index < -0.39 is 29.0 Å². The van der Waals surface area contributed by atoms with E-state index in [2.05, 4.69) is 10.6 Å². The number of carbonyl (C=O) groups excluding carboxylic acids is 2. The summed E-state index contributed by atoms with van der Waals surface area (Å²) < 4.78 is 44.2. The molecular weight excluding hydrogens is 421 g/mol. The van der Waals surface area contributed by atoms with E-state index in [9.17, 15) is 22.8 Å². The van der Waals surface area contributed by atoms with Gasteiger partial charge in [0.1, 0.15) is 0 Å². The van der Waals surface area contributed by atoms with Crippen molar-refractivity contribution in [3.05, 3.63) is 88.9 Å². The highest BCUT2D eigenvalue weighted by atomic mass is 19.4. The lowest BCUT2D eigenvalue weighted by Crippen LogP contribution is -2.36. The quantitative estimate of drug-likeness (QED) is 0.522. The van der Waals surface area contributed by atoms with Gasteiger partial charge in [-0.05, 0) is 48.4 Å². The zero-order chi connectivity index (χ0) is 23.5. The number of amides is 2. The first-order valence-electron chi connectivity index (χ1n) is 9.89. The van der Waals surface area contributed by atoms with Crippen LogP contribution in [0.5, 0.6) is 0 Å². The Morgan fingerprint density at radius 3 is 2.31 bits per heavy atom. The van der Waals surface area contributed by atoms with Crippen molar-refractivity contribution in [1.82, 2.24) is 5.32 Å². The summed E-state index contributed by atoms with van der Waals surface area (Å²) in [4.78, 5) is 24.9. The van der Waals surface area contributed by atoms with E-state index in [1.165, 1.54) is 18.4 Å². The minimum Gasteiger partial charge on any atom is -0.459 e. The number of nitrogens with one attached hydrogen (secondary N) is 2. The van der Waals surface area contributed by atoms with Crippen LogP contribution >= 0.6 is 0 Å². The standard InChI is InChI=1S/C24H23F3N2O3/c1-15-9-10-16(12-19(15)29-22(31)20-8-5-11-32-20)21(30)28-14-23(2,3)17-6-4-7-18(13-17)24(25,26)27/h4-13H,14H2,1-3H3,(H,28,30)(H,29,31). The molecule has 2 aromatic carbocycles. The lowest BCUT2D eigenvalue weighted by Gasteiger charge is -2.26. The summed E-state index contributed by atoms with van der Waals surface area (Å²) in [5, 5.41) is 5.48. The molecule has 3 aromatic rings. The van der Waals surface area contributed by atoms with Crippen LogP contribution in [0.15, 0.2) is 65.3 Å². The third kappa shape index (κ3) is 5.38. The SMILES string of the molecule is Cc1ccc(C(=O)NCC(C)(C)c2cccc(C(F)(F)F)c2)cc1NC(=O)c1ccco1. The fourth-order valence-corrected chi connectivity index (χ4v) is 3.11. The first kappa shape index (κ1) is 23.1. The highest BCUT2D eigenvalue weighted by Crippen LogP contribution is 2.32. The maximum atomic E-state index is 13.0. The summed E-state index contributed by atoms with van der Waals surface area (Å²) in [5.41, 5.74) is 0.512. The molecule has 8 heteroatoms. The largest absolute Gasteiger partial charge is 0.459 e. The summed E-state index contributed by atoms with van der Waals surface area (Å²) >= 11 is 0. The van der Waals surface area contributed by atoms with E-state index in [0.717, 1.165) is 17.7 Å². The van der Waals surface area contributed by atoms with Gasteiger partial charge in [0.25, 0.3) is 11.8 Å². The number of benzene rings is 2. The molecule has 0 unspecified atom stereocenters. The van der Waals surface area contributed by atoms with Crippen LogP contribution in [0.25, 0.3) is 0 Å². The van der Waals surface area contributed by atoms with Gasteiger partial charge in [-0.15, -0.1) is 0 Å². The van der Waals surface area contributed by atoms with Gasteiger partial charge >= 0.3 is 6.18 Å². The maximum Gasteiger partial charge on any atom is 0.416 e. The predicted octanol–water partition coefficient (Wildman–Crippen LogP) is 5.57. The van der Waals surface area contributed by atoms with Gasteiger partial charge in [-0.1, -0.05) is 38.1 Å². The minimum absolute atomic E-state index is 0.120. The average molecular weight is 444 g/mol. The predicted molar refractivity (Wildman–Crippen MR) is 115 cm³/mol. The molecule has 0 radical (unpaired) electrons. The van der Waals surface area contributed by atoms with Gasteiger partial charge in [0.05, 0.1) is 11.8 Å². The molecule has 0 spiro atoms. The smallest absolute Gasteiger partial charge is 0.416 e. The molecule has 0 atom stereocenters. The van der Waals surface area contributed by atoms with E-state index in [0.29, 0.717) is 16.8 Å². The van der Waals surface area contributed by atoms with Crippen LogP contribution in [0, 0.1) is 6.92 Å². The normalized spacial score (nSPS) is 11.8. The van der Waals surface area contributed by atoms with Crippen molar-refractivity contribution in [3.63, 3.8) is 0 Å². The van der Waals surface area contributed by atoms with Crippen LogP contribution in [0.3, 0.4) is 0 Å². The van der Waals surface area contributed by atoms with Gasteiger partial charge in [0.2, 0.25) is 0 Å². The monoisotopic (exact) mass is 444 g/mol. The second kappa shape index (κ2) is 8.90. The zero-order valence-corrected chi connectivity index (χ0v) is 17.8. The number of alkyl halides is 3. The summed E-state index contributed by atoms with van der Waals surface area (Å²) in [6.45, 7) is 5.42. The fraction of sp³-hybridized carbons (Fsp3) is 0.250. The van der Waals surface area contributed by atoms with E-state index in [1.807, 2.05) is 0 Å². The van der Waals surface area contributed by atoms with Crippen molar-refractivity contribution in [2.45, 2.75) is 32.4 Å². The lowest BCUT2D eigenvalue weighted by atomic mass is 9.83. The summed E-state index contributed by atoms with van der Waals surface area (Å²) in [7, 11) is 0. The number of anilines is 1. The van der Waals surface area contributed by atoms with E-state index in [4.69, 9.17) is 4.42 Å². The zero-order valence-electron chi connectivity index (χ0n) is 17.8. The highest BCUT2D eigenvalue weighted by Gasteiger charge is 2.32. The van der Waals surface area contributed by atoms with Crippen LogP contribution in [0.2, 0.25) is 0 Å². The number of hydrogen-bond donors (Lipinski definition) is 2. The molecule has 0 aliphatic rings. The van der Waals surface area contributed by atoms with Crippen LogP contribution in [0.4, 0.5) is 18.9 Å².